The maximum absolute atomic E-state index is 0. The Morgan fingerprint density at radius 3 is 1.00 bits per heavy atom. The van der Waals surface area contributed by atoms with Gasteiger partial charge in [-0.05, 0) is 0 Å². The van der Waals surface area contributed by atoms with Crippen LogP contribution < -0.4 is 0 Å². The minimum Gasteiger partial charge on any atom is 0 e. The van der Waals surface area contributed by atoms with E-state index < -0.39 is 0 Å². The van der Waals surface area contributed by atoms with Gasteiger partial charge in [-0.1, -0.05) is 0 Å². The second kappa shape index (κ2) is 18.8. The van der Waals surface area contributed by atoms with Crippen LogP contribution in [-0.4, -0.2) is 0 Å². The topological polar surface area (TPSA) is 0 Å². The third-order valence-corrected chi connectivity index (χ3v) is 0. The molecule has 0 aliphatic rings. The molecule has 0 unspecified atom stereocenters. The Labute approximate surface area is 71.3 Å². The van der Waals surface area contributed by atoms with Crippen molar-refractivity contribution in [2.75, 3.05) is 0 Å². The zero-order chi connectivity index (χ0) is 0. The average molecular weight is 262 g/mol. The summed E-state index contributed by atoms with van der Waals surface area (Å²) in [4.78, 5) is 0. The molecule has 0 fully saturated rings. The van der Waals surface area contributed by atoms with E-state index in [4.69, 9.17) is 0 Å². The summed E-state index contributed by atoms with van der Waals surface area (Å²) in [5, 5.41) is 0. The van der Waals surface area contributed by atoms with Crippen molar-refractivity contribution in [1.82, 2.24) is 0 Å². The van der Waals surface area contributed by atoms with Gasteiger partial charge in [0.2, 0.25) is 0 Å². The van der Waals surface area contributed by atoms with Crippen LogP contribution in [0.25, 0.3) is 0 Å². The fourth-order valence-corrected chi connectivity index (χ4v) is 0. The Morgan fingerprint density at radius 2 is 1.00 bits per heavy atom. The molecular weight excluding hydrogens is 262 g/mol. The number of hydrogen-bond acceptors (Lipinski definition) is 0. The van der Waals surface area contributed by atoms with Crippen LogP contribution in [0.3, 0.4) is 0 Å². The molecule has 4 heavy (non-hydrogen) atoms. The first-order chi connectivity index (χ1) is 0. The Morgan fingerprint density at radius 1 is 1.00 bits per heavy atom. The SMILES string of the molecule is [Cr].[Mn].[Mo].[Ni]. The second-order valence-corrected chi connectivity index (χ2v) is 0. The van der Waals surface area contributed by atoms with Gasteiger partial charge >= 0.3 is 0 Å². The van der Waals surface area contributed by atoms with Crippen LogP contribution in [0.2, 0.25) is 0 Å². The summed E-state index contributed by atoms with van der Waals surface area (Å²) >= 11 is 0. The molecule has 4 heteroatoms. The third-order valence-electron chi connectivity index (χ3n) is 0. The normalized spacial score (nSPS) is 0. The molecule has 0 rings (SSSR count). The third kappa shape index (κ3) is 8.87. The van der Waals surface area contributed by atoms with Crippen LogP contribution in [0.5, 0.6) is 0 Å². The monoisotopic (exact) mass is 263 g/mol. The molecule has 0 aliphatic heterocycles. The van der Waals surface area contributed by atoms with Gasteiger partial charge in [0, 0.05) is 72.0 Å². The summed E-state index contributed by atoms with van der Waals surface area (Å²) < 4.78 is 0. The first-order valence-corrected chi connectivity index (χ1v) is 0. The van der Waals surface area contributed by atoms with E-state index in [0.717, 1.165) is 0 Å². The van der Waals surface area contributed by atoms with Crippen molar-refractivity contribution < 1.29 is 72.0 Å². The fourth-order valence-electron chi connectivity index (χ4n) is 0. The van der Waals surface area contributed by atoms with Crippen LogP contribution in [0.1, 0.15) is 0 Å². The number of rotatable bonds is 0. The molecule has 0 atom stereocenters. The maximum Gasteiger partial charge on any atom is 0 e. The molecular formula is CrMnMoNi. The summed E-state index contributed by atoms with van der Waals surface area (Å²) in [6, 6.07) is 0. The zero-order valence-corrected chi connectivity index (χ0v) is 6.96. The largest absolute Gasteiger partial charge is 0 e. The van der Waals surface area contributed by atoms with Crippen LogP contribution in [0, 0.1) is 0 Å². The van der Waals surface area contributed by atoms with E-state index in [1.807, 2.05) is 0 Å². The summed E-state index contributed by atoms with van der Waals surface area (Å²) in [5.74, 6) is 0. The minimum atomic E-state index is 0. The Balaban J connectivity index is 0. The molecule has 0 heterocycles. The molecule has 0 aromatic rings. The van der Waals surface area contributed by atoms with Crippen molar-refractivity contribution in [1.29, 1.82) is 0 Å². The summed E-state index contributed by atoms with van der Waals surface area (Å²) in [6.07, 6.45) is 0. The quantitative estimate of drug-likeness (QED) is 0.538. The molecule has 0 aromatic carbocycles. The van der Waals surface area contributed by atoms with Crippen LogP contribution in [0.4, 0.5) is 0 Å². The molecule has 0 spiro atoms. The first-order valence-electron chi connectivity index (χ1n) is 0. The minimum absolute atomic E-state index is 0. The molecule has 1 radical (unpaired) electrons. The van der Waals surface area contributed by atoms with Crippen molar-refractivity contribution in [3.63, 3.8) is 0 Å². The number of hydrogen-bond donors (Lipinski definition) is 0. The van der Waals surface area contributed by atoms with Gasteiger partial charge in [0.05, 0.1) is 0 Å². The van der Waals surface area contributed by atoms with Crippen molar-refractivity contribution in [3.05, 3.63) is 0 Å². The molecule has 0 amide bonds. The maximum atomic E-state index is 0. The van der Waals surface area contributed by atoms with Gasteiger partial charge in [-0.2, -0.15) is 0 Å². The predicted molar refractivity (Wildman–Crippen MR) is 0 cm³/mol. The van der Waals surface area contributed by atoms with Gasteiger partial charge in [0.25, 0.3) is 0 Å². The molecule has 0 saturated heterocycles. The Bertz CT molecular complexity index is 8.00. The van der Waals surface area contributed by atoms with E-state index in [-0.39, 0.29) is 72.0 Å². The van der Waals surface area contributed by atoms with Crippen molar-refractivity contribution in [2.24, 2.45) is 0 Å². The van der Waals surface area contributed by atoms with Gasteiger partial charge in [-0.3, -0.25) is 0 Å². The van der Waals surface area contributed by atoms with E-state index in [0.29, 0.717) is 0 Å². The summed E-state index contributed by atoms with van der Waals surface area (Å²) in [6.45, 7) is 0. The molecule has 0 bridgehead atoms. The van der Waals surface area contributed by atoms with Crippen molar-refractivity contribution in [3.8, 4) is 0 Å². The Hall–Kier alpha value is 2.23. The van der Waals surface area contributed by atoms with Gasteiger partial charge in [0.15, 0.2) is 0 Å². The predicted octanol–water partition coefficient (Wildman–Crippen LogP) is -0.0100. The van der Waals surface area contributed by atoms with Crippen molar-refractivity contribution >= 4 is 0 Å². The van der Waals surface area contributed by atoms with Gasteiger partial charge in [0.1, 0.15) is 0 Å². The summed E-state index contributed by atoms with van der Waals surface area (Å²) in [5.41, 5.74) is 0. The van der Waals surface area contributed by atoms with E-state index in [9.17, 15) is 0 Å². The van der Waals surface area contributed by atoms with Gasteiger partial charge < -0.3 is 0 Å². The van der Waals surface area contributed by atoms with E-state index >= 15 is 0 Å². The molecule has 0 nitrogen and oxygen atoms in total. The van der Waals surface area contributed by atoms with Crippen LogP contribution >= 0.6 is 0 Å². The van der Waals surface area contributed by atoms with Crippen LogP contribution in [0.15, 0.2) is 0 Å². The van der Waals surface area contributed by atoms with Gasteiger partial charge in [-0.25, -0.2) is 0 Å². The van der Waals surface area contributed by atoms with Gasteiger partial charge in [-0.15, -0.1) is 0 Å². The molecule has 0 aromatic heterocycles. The second-order valence-electron chi connectivity index (χ2n) is 0. The summed E-state index contributed by atoms with van der Waals surface area (Å²) in [7, 11) is 0. The first kappa shape index (κ1) is 34.2. The fraction of sp³-hybridized carbons (Fsp3) is 0. The molecule has 0 N–H and O–H groups in total. The zero-order valence-electron chi connectivity index (χ0n) is 1.51. The smallest absolute Gasteiger partial charge is 0 e. The molecule has 0 aliphatic carbocycles. The average Bonchev–Trinajstić information content (AvgIpc) is 0. The van der Waals surface area contributed by atoms with Crippen molar-refractivity contribution in [2.45, 2.75) is 0 Å². The van der Waals surface area contributed by atoms with E-state index in [1.54, 1.807) is 0 Å². The van der Waals surface area contributed by atoms with E-state index in [2.05, 4.69) is 0 Å². The van der Waals surface area contributed by atoms with E-state index in [1.165, 1.54) is 0 Å². The molecule has 0 saturated carbocycles. The molecule has 29 valence electrons. The standard InChI is InChI=1S/Cr.Mn.Mo.Ni. The van der Waals surface area contributed by atoms with Crippen LogP contribution in [-0.2, 0) is 72.0 Å². The Kier molecular flexibility index (Phi) is 161.